The molecule has 7 heteroatoms. The molecule has 0 amide bonds. The summed E-state index contributed by atoms with van der Waals surface area (Å²) < 4.78 is 1.82. The van der Waals surface area contributed by atoms with Gasteiger partial charge in [-0.1, -0.05) is 43.7 Å². The minimum absolute atomic E-state index is 0.0431. The van der Waals surface area contributed by atoms with Crippen molar-refractivity contribution in [1.82, 2.24) is 14.5 Å². The minimum atomic E-state index is -0.424. The molecule has 0 unspecified atom stereocenters. The van der Waals surface area contributed by atoms with Gasteiger partial charge in [0.25, 0.3) is 5.56 Å². The van der Waals surface area contributed by atoms with Gasteiger partial charge < -0.3 is 14.7 Å². The van der Waals surface area contributed by atoms with Gasteiger partial charge in [0, 0.05) is 11.9 Å². The highest BCUT2D eigenvalue weighted by atomic mass is 16.3. The normalized spacial score (nSPS) is 11.7. The Morgan fingerprint density at radius 3 is 2.74 bits per heavy atom. The molecule has 0 spiro atoms. The molecule has 0 atom stereocenters. The van der Waals surface area contributed by atoms with Gasteiger partial charge in [0.05, 0.1) is 16.6 Å². The molecular formula is C20H19N5O2. The van der Waals surface area contributed by atoms with Gasteiger partial charge >= 0.3 is 0 Å². The third-order valence-electron chi connectivity index (χ3n) is 4.48. The van der Waals surface area contributed by atoms with Crippen LogP contribution in [0.25, 0.3) is 21.9 Å². The van der Waals surface area contributed by atoms with Crippen molar-refractivity contribution in [2.24, 2.45) is 10.2 Å². The maximum atomic E-state index is 12.2. The largest absolute Gasteiger partial charge is 0.493 e. The molecule has 2 aromatic carbocycles. The molecule has 27 heavy (non-hydrogen) atoms. The second-order valence-electron chi connectivity index (χ2n) is 6.30. The summed E-state index contributed by atoms with van der Waals surface area (Å²) >= 11 is 0. The standard InChI is InChI=1S/C20H19N5O2/c1-2-3-12-25-16-11-7-4-8-13(16)17(20(25)27)23-24-18-19(26)22-15-10-6-5-9-14(15)21-18/h4-11,27H,2-3,12H2,1H3,(H,22,26). The SMILES string of the molecule is CCCCn1c(O)c(N=Nc2nc3ccccc3[nH]c2=O)c2ccccc21. The van der Waals surface area contributed by atoms with Gasteiger partial charge in [0.1, 0.15) is 0 Å². The lowest BCUT2D eigenvalue weighted by molar-refractivity contribution is 0.418. The van der Waals surface area contributed by atoms with Crippen molar-refractivity contribution in [3.05, 3.63) is 58.9 Å². The number of aromatic amines is 1. The number of benzene rings is 2. The first-order valence-corrected chi connectivity index (χ1v) is 8.90. The molecule has 7 nitrogen and oxygen atoms in total. The van der Waals surface area contributed by atoms with E-state index in [9.17, 15) is 9.90 Å². The molecule has 136 valence electrons. The lowest BCUT2D eigenvalue weighted by Crippen LogP contribution is -2.06. The third kappa shape index (κ3) is 3.08. The molecule has 0 aliphatic heterocycles. The Bertz CT molecular complexity index is 1210. The van der Waals surface area contributed by atoms with Crippen molar-refractivity contribution in [2.75, 3.05) is 0 Å². The van der Waals surface area contributed by atoms with Gasteiger partial charge in [-0.3, -0.25) is 4.79 Å². The average Bonchev–Trinajstić information content (AvgIpc) is 2.95. The van der Waals surface area contributed by atoms with Crippen LogP contribution in [0, 0.1) is 0 Å². The van der Waals surface area contributed by atoms with Gasteiger partial charge in [-0.15, -0.1) is 10.2 Å². The van der Waals surface area contributed by atoms with Gasteiger partial charge in [-0.05, 0) is 24.6 Å². The van der Waals surface area contributed by atoms with Crippen molar-refractivity contribution >= 4 is 33.4 Å². The molecule has 2 aromatic heterocycles. The number of aromatic nitrogens is 3. The van der Waals surface area contributed by atoms with Crippen LogP contribution in [-0.4, -0.2) is 19.6 Å². The average molecular weight is 361 g/mol. The second kappa shape index (κ2) is 7.03. The molecule has 0 bridgehead atoms. The van der Waals surface area contributed by atoms with Crippen LogP contribution in [0.1, 0.15) is 19.8 Å². The Labute approximate surface area is 155 Å². The number of fused-ring (bicyclic) bond motifs is 2. The summed E-state index contributed by atoms with van der Waals surface area (Å²) in [7, 11) is 0. The molecule has 2 N–H and O–H groups in total. The summed E-state index contributed by atoms with van der Waals surface area (Å²) in [5.74, 6) is 0.00380. The van der Waals surface area contributed by atoms with Gasteiger partial charge in [-0.25, -0.2) is 4.98 Å². The maximum absolute atomic E-state index is 12.2. The molecular weight excluding hydrogens is 342 g/mol. The number of aryl methyl sites for hydroxylation is 1. The Balaban J connectivity index is 1.81. The zero-order chi connectivity index (χ0) is 18.8. The summed E-state index contributed by atoms with van der Waals surface area (Å²) in [5.41, 5.74) is 2.07. The molecule has 0 aliphatic rings. The fourth-order valence-corrected chi connectivity index (χ4v) is 3.10. The van der Waals surface area contributed by atoms with E-state index in [1.807, 2.05) is 41.0 Å². The molecule has 4 rings (SSSR count). The van der Waals surface area contributed by atoms with Crippen LogP contribution in [0.5, 0.6) is 5.88 Å². The summed E-state index contributed by atoms with van der Waals surface area (Å²) in [6.45, 7) is 2.79. The maximum Gasteiger partial charge on any atom is 0.295 e. The van der Waals surface area contributed by atoms with Crippen LogP contribution in [0.4, 0.5) is 11.5 Å². The quantitative estimate of drug-likeness (QED) is 0.500. The van der Waals surface area contributed by atoms with Crippen LogP contribution in [-0.2, 0) is 6.54 Å². The molecule has 0 saturated carbocycles. The molecule has 0 saturated heterocycles. The van der Waals surface area contributed by atoms with Crippen molar-refractivity contribution in [1.29, 1.82) is 0 Å². The number of H-pyrrole nitrogens is 1. The highest BCUT2D eigenvalue weighted by Crippen LogP contribution is 2.39. The third-order valence-corrected chi connectivity index (χ3v) is 4.48. The fraction of sp³-hybridized carbons (Fsp3) is 0.200. The minimum Gasteiger partial charge on any atom is -0.493 e. The van der Waals surface area contributed by atoms with Crippen LogP contribution >= 0.6 is 0 Å². The lowest BCUT2D eigenvalue weighted by Gasteiger charge is -2.05. The molecule has 4 aromatic rings. The fourth-order valence-electron chi connectivity index (χ4n) is 3.10. The van der Waals surface area contributed by atoms with E-state index < -0.39 is 5.56 Å². The van der Waals surface area contributed by atoms with Crippen LogP contribution in [0.3, 0.4) is 0 Å². The van der Waals surface area contributed by atoms with Crippen molar-refractivity contribution in [3.63, 3.8) is 0 Å². The topological polar surface area (TPSA) is 95.6 Å². The lowest BCUT2D eigenvalue weighted by atomic mass is 10.2. The summed E-state index contributed by atoms with van der Waals surface area (Å²) in [5, 5.41) is 19.6. The highest BCUT2D eigenvalue weighted by molar-refractivity contribution is 5.95. The summed E-state index contributed by atoms with van der Waals surface area (Å²) in [6.07, 6.45) is 1.95. The first-order chi connectivity index (χ1) is 13.2. The number of azo groups is 1. The van der Waals surface area contributed by atoms with Crippen LogP contribution in [0.2, 0.25) is 0 Å². The second-order valence-corrected chi connectivity index (χ2v) is 6.30. The predicted octanol–water partition coefficient (Wildman–Crippen LogP) is 4.80. The van der Waals surface area contributed by atoms with E-state index in [-0.39, 0.29) is 11.7 Å². The number of hydrogen-bond donors (Lipinski definition) is 2. The molecule has 2 heterocycles. The number of nitrogens with one attached hydrogen (secondary N) is 1. The van der Waals surface area contributed by atoms with Gasteiger partial charge in [-0.2, -0.15) is 0 Å². The van der Waals surface area contributed by atoms with E-state index >= 15 is 0 Å². The zero-order valence-corrected chi connectivity index (χ0v) is 14.9. The Morgan fingerprint density at radius 2 is 1.89 bits per heavy atom. The van der Waals surface area contributed by atoms with E-state index in [4.69, 9.17) is 0 Å². The van der Waals surface area contributed by atoms with Gasteiger partial charge in [0.15, 0.2) is 5.69 Å². The van der Waals surface area contributed by atoms with Crippen molar-refractivity contribution in [2.45, 2.75) is 26.3 Å². The van der Waals surface area contributed by atoms with Crippen molar-refractivity contribution in [3.8, 4) is 5.88 Å². The van der Waals surface area contributed by atoms with Crippen molar-refractivity contribution < 1.29 is 5.11 Å². The van der Waals surface area contributed by atoms with Crippen LogP contribution < -0.4 is 5.56 Å². The number of nitrogens with zero attached hydrogens (tertiary/aromatic N) is 4. The number of para-hydroxylation sites is 3. The smallest absolute Gasteiger partial charge is 0.295 e. The predicted molar refractivity (Wildman–Crippen MR) is 105 cm³/mol. The Morgan fingerprint density at radius 1 is 1.11 bits per heavy atom. The molecule has 0 fully saturated rings. The molecule has 0 aliphatic carbocycles. The summed E-state index contributed by atoms with van der Waals surface area (Å²) in [4.78, 5) is 19.2. The van der Waals surface area contributed by atoms with Crippen LogP contribution in [0.15, 0.2) is 63.6 Å². The van der Waals surface area contributed by atoms with E-state index in [0.717, 1.165) is 23.7 Å². The first-order valence-electron chi connectivity index (χ1n) is 8.90. The zero-order valence-electron chi connectivity index (χ0n) is 14.9. The Kier molecular flexibility index (Phi) is 4.42. The number of rotatable bonds is 5. The Hall–Kier alpha value is -3.48. The van der Waals surface area contributed by atoms with E-state index in [1.54, 1.807) is 12.1 Å². The number of aromatic hydroxyl groups is 1. The number of unbranched alkanes of at least 4 members (excludes halogenated alkanes) is 1. The van der Waals surface area contributed by atoms with Gasteiger partial charge in [0.2, 0.25) is 11.7 Å². The monoisotopic (exact) mass is 361 g/mol. The summed E-state index contributed by atoms with van der Waals surface area (Å²) in [6, 6.07) is 14.8. The number of hydrogen-bond acceptors (Lipinski definition) is 5. The van der Waals surface area contributed by atoms with E-state index in [1.165, 1.54) is 0 Å². The molecule has 0 radical (unpaired) electrons. The first kappa shape index (κ1) is 17.0. The van der Waals surface area contributed by atoms with E-state index in [0.29, 0.717) is 23.3 Å². The van der Waals surface area contributed by atoms with E-state index in [2.05, 4.69) is 27.1 Å². The highest BCUT2D eigenvalue weighted by Gasteiger charge is 2.16.